The van der Waals surface area contributed by atoms with Crippen LogP contribution in [0.4, 0.5) is 0 Å². The van der Waals surface area contributed by atoms with E-state index in [1.54, 1.807) is 12.1 Å². The summed E-state index contributed by atoms with van der Waals surface area (Å²) >= 11 is 3.48. The van der Waals surface area contributed by atoms with Crippen molar-refractivity contribution in [3.63, 3.8) is 0 Å². The summed E-state index contributed by atoms with van der Waals surface area (Å²) < 4.78 is 0.985. The first-order valence-electron chi connectivity index (χ1n) is 16.9. The van der Waals surface area contributed by atoms with Crippen LogP contribution in [0.3, 0.4) is 0 Å². The average Bonchev–Trinajstić information content (AvgIpc) is 3.12. The minimum atomic E-state index is 0.0650. The number of piperidine rings is 2. The first-order valence-corrected chi connectivity index (χ1v) is 17.7. The van der Waals surface area contributed by atoms with Crippen LogP contribution in [-0.4, -0.2) is 70.4 Å². The zero-order valence-electron chi connectivity index (χ0n) is 27.0. The van der Waals surface area contributed by atoms with Gasteiger partial charge in [-0.25, -0.2) is 0 Å². The Hall–Kier alpha value is -3.94. The second kappa shape index (κ2) is 15.8. The van der Waals surface area contributed by atoms with E-state index in [0.717, 1.165) is 63.8 Å². The molecule has 0 atom stereocenters. The highest BCUT2D eigenvalue weighted by Crippen LogP contribution is 2.28. The van der Waals surface area contributed by atoms with Gasteiger partial charge in [0.05, 0.1) is 6.42 Å². The minimum absolute atomic E-state index is 0.0650. The van der Waals surface area contributed by atoms with Crippen LogP contribution in [0.25, 0.3) is 11.1 Å². The molecule has 2 fully saturated rings. The Bertz CT molecular complexity index is 1630. The van der Waals surface area contributed by atoms with Gasteiger partial charge in [-0.3, -0.25) is 9.59 Å². The molecule has 0 aromatic heterocycles. The minimum Gasteiger partial charge on any atom is -0.508 e. The Balaban J connectivity index is 1.13. The molecule has 0 unspecified atom stereocenters. The Kier molecular flexibility index (Phi) is 11.1. The molecule has 2 aliphatic heterocycles. The Morgan fingerprint density at radius 3 is 2.09 bits per heavy atom. The number of nitrogens with zero attached hydrogens (tertiary/aromatic N) is 3. The van der Waals surface area contributed by atoms with Crippen LogP contribution in [0.2, 0.25) is 0 Å². The smallest absolute Gasteiger partial charge is 0.254 e. The third-order valence-electron chi connectivity index (χ3n) is 9.68. The number of carbonyl (C=O) groups excluding carboxylic acids is 2. The maximum Gasteiger partial charge on any atom is 0.254 e. The standard InChI is InChI=1S/C40H44BrN3O3/c41-34-16-10-31(11-17-34)28-39(46)44(25-20-30-12-18-36(45)19-13-30)29-32-8-14-33(15-9-32)37-6-2-3-7-38(37)40(47)43-26-21-35(22-27-43)42-23-4-1-5-24-42/h2-3,6-19,35,45H,1,4-5,20-29H2. The molecule has 7 heteroatoms. The number of phenols is 1. The van der Waals surface area contributed by atoms with Crippen molar-refractivity contribution in [1.82, 2.24) is 14.7 Å². The zero-order valence-corrected chi connectivity index (χ0v) is 28.6. The van der Waals surface area contributed by atoms with Crippen LogP contribution >= 0.6 is 15.9 Å². The maximum atomic E-state index is 13.8. The second-order valence-electron chi connectivity index (χ2n) is 12.9. The summed E-state index contributed by atoms with van der Waals surface area (Å²) in [5.74, 6) is 0.411. The van der Waals surface area contributed by atoms with Gasteiger partial charge in [0.25, 0.3) is 5.91 Å². The number of likely N-dealkylation sites (tertiary alicyclic amines) is 2. The molecule has 4 aromatic rings. The van der Waals surface area contributed by atoms with Gasteiger partial charge in [-0.1, -0.05) is 89.1 Å². The highest BCUT2D eigenvalue weighted by atomic mass is 79.9. The summed E-state index contributed by atoms with van der Waals surface area (Å²) in [6.45, 7) is 5.07. The third-order valence-corrected chi connectivity index (χ3v) is 10.2. The first kappa shape index (κ1) is 33.0. The van der Waals surface area contributed by atoms with Crippen molar-refractivity contribution in [1.29, 1.82) is 0 Å². The first-order chi connectivity index (χ1) is 22.9. The highest BCUT2D eigenvalue weighted by molar-refractivity contribution is 9.10. The average molecular weight is 695 g/mol. The summed E-state index contributed by atoms with van der Waals surface area (Å²) in [6, 6.07) is 31.9. The fourth-order valence-corrected chi connectivity index (χ4v) is 7.19. The van der Waals surface area contributed by atoms with Gasteiger partial charge in [-0.2, -0.15) is 0 Å². The van der Waals surface area contributed by atoms with Crippen molar-refractivity contribution in [3.8, 4) is 16.9 Å². The van der Waals surface area contributed by atoms with Gasteiger partial charge in [-0.05, 0) is 103 Å². The van der Waals surface area contributed by atoms with E-state index < -0.39 is 0 Å². The Labute approximate surface area is 287 Å². The van der Waals surface area contributed by atoms with Crippen LogP contribution in [-0.2, 0) is 24.2 Å². The number of amides is 2. The van der Waals surface area contributed by atoms with E-state index in [9.17, 15) is 14.7 Å². The number of carbonyl (C=O) groups is 2. The van der Waals surface area contributed by atoms with Gasteiger partial charge < -0.3 is 19.8 Å². The molecule has 2 saturated heterocycles. The molecule has 2 amide bonds. The number of benzene rings is 4. The van der Waals surface area contributed by atoms with Crippen LogP contribution < -0.4 is 0 Å². The van der Waals surface area contributed by atoms with E-state index >= 15 is 0 Å². The van der Waals surface area contributed by atoms with Crippen molar-refractivity contribution in [2.45, 2.75) is 57.5 Å². The second-order valence-corrected chi connectivity index (χ2v) is 13.8. The molecule has 0 saturated carbocycles. The molecule has 0 radical (unpaired) electrons. The molecule has 2 heterocycles. The predicted octanol–water partition coefficient (Wildman–Crippen LogP) is 7.73. The fraction of sp³-hybridized carbons (Fsp3) is 0.350. The molecule has 6 nitrogen and oxygen atoms in total. The molecular weight excluding hydrogens is 650 g/mol. The molecule has 0 spiro atoms. The van der Waals surface area contributed by atoms with Gasteiger partial charge in [0, 0.05) is 42.3 Å². The van der Waals surface area contributed by atoms with Crippen molar-refractivity contribution in [3.05, 3.63) is 124 Å². The number of hydrogen-bond acceptors (Lipinski definition) is 4. The normalized spacial score (nSPS) is 15.8. The lowest BCUT2D eigenvalue weighted by Gasteiger charge is -2.40. The molecule has 2 aliphatic rings. The van der Waals surface area contributed by atoms with Crippen molar-refractivity contribution < 1.29 is 14.7 Å². The SMILES string of the molecule is O=C(Cc1ccc(Br)cc1)N(CCc1ccc(O)cc1)Cc1ccc(-c2ccccc2C(=O)N2CCC(N3CCCCC3)CC2)cc1. The van der Waals surface area contributed by atoms with Crippen LogP contribution in [0.1, 0.15) is 59.2 Å². The summed E-state index contributed by atoms with van der Waals surface area (Å²) in [7, 11) is 0. The van der Waals surface area contributed by atoms with Gasteiger partial charge in [-0.15, -0.1) is 0 Å². The van der Waals surface area contributed by atoms with E-state index in [-0.39, 0.29) is 17.6 Å². The fourth-order valence-electron chi connectivity index (χ4n) is 6.93. The van der Waals surface area contributed by atoms with Gasteiger partial charge in [0.2, 0.25) is 5.91 Å². The largest absolute Gasteiger partial charge is 0.508 e. The summed E-state index contributed by atoms with van der Waals surface area (Å²) in [5.41, 5.74) is 5.76. The molecular formula is C40H44BrN3O3. The number of aromatic hydroxyl groups is 1. The number of phenolic OH excluding ortho intramolecular Hbond substituents is 1. The van der Waals surface area contributed by atoms with E-state index in [1.807, 2.05) is 70.5 Å². The molecule has 0 bridgehead atoms. The summed E-state index contributed by atoms with van der Waals surface area (Å²) in [5, 5.41) is 9.68. The molecule has 47 heavy (non-hydrogen) atoms. The van der Waals surface area contributed by atoms with E-state index in [0.29, 0.717) is 32.0 Å². The monoisotopic (exact) mass is 693 g/mol. The number of rotatable bonds is 10. The highest BCUT2D eigenvalue weighted by Gasteiger charge is 2.29. The Morgan fingerprint density at radius 2 is 1.38 bits per heavy atom. The molecule has 4 aromatic carbocycles. The Morgan fingerprint density at radius 1 is 0.745 bits per heavy atom. The lowest BCUT2D eigenvalue weighted by atomic mass is 9.96. The van der Waals surface area contributed by atoms with E-state index in [4.69, 9.17) is 0 Å². The van der Waals surface area contributed by atoms with E-state index in [2.05, 4.69) is 45.1 Å². The molecule has 244 valence electrons. The summed E-state index contributed by atoms with van der Waals surface area (Å²) in [6.07, 6.45) is 7.05. The number of hydrogen-bond donors (Lipinski definition) is 1. The molecule has 6 rings (SSSR count). The van der Waals surface area contributed by atoms with Crippen molar-refractivity contribution >= 4 is 27.7 Å². The molecule has 1 N–H and O–H groups in total. The topological polar surface area (TPSA) is 64.1 Å². The lowest BCUT2D eigenvalue weighted by molar-refractivity contribution is -0.131. The van der Waals surface area contributed by atoms with Gasteiger partial charge in [0.15, 0.2) is 0 Å². The quantitative estimate of drug-likeness (QED) is 0.185. The lowest BCUT2D eigenvalue weighted by Crippen LogP contribution is -2.48. The van der Waals surface area contributed by atoms with Crippen LogP contribution in [0.15, 0.2) is 102 Å². The third kappa shape index (κ3) is 8.70. The van der Waals surface area contributed by atoms with Crippen molar-refractivity contribution in [2.24, 2.45) is 0 Å². The van der Waals surface area contributed by atoms with Gasteiger partial charge in [0.1, 0.15) is 5.75 Å². The zero-order chi connectivity index (χ0) is 32.6. The van der Waals surface area contributed by atoms with Crippen LogP contribution in [0, 0.1) is 0 Å². The summed E-state index contributed by atoms with van der Waals surface area (Å²) in [4.78, 5) is 34.0. The van der Waals surface area contributed by atoms with E-state index in [1.165, 1.54) is 32.4 Å². The van der Waals surface area contributed by atoms with Crippen molar-refractivity contribution in [2.75, 3.05) is 32.7 Å². The number of halogens is 1. The molecule has 0 aliphatic carbocycles. The predicted molar refractivity (Wildman–Crippen MR) is 191 cm³/mol. The maximum absolute atomic E-state index is 13.8. The van der Waals surface area contributed by atoms with Gasteiger partial charge >= 0.3 is 0 Å². The van der Waals surface area contributed by atoms with Crippen LogP contribution in [0.5, 0.6) is 5.75 Å².